The van der Waals surface area contributed by atoms with Crippen molar-refractivity contribution >= 4 is 35.6 Å². The quantitative estimate of drug-likeness (QED) is 0.300. The number of nitrogens with zero attached hydrogens (tertiary/aromatic N) is 2. The minimum atomic E-state index is 0. The van der Waals surface area contributed by atoms with Crippen LogP contribution in [0.4, 0.5) is 5.69 Å². The Morgan fingerprint density at radius 3 is 2.61 bits per heavy atom. The van der Waals surface area contributed by atoms with E-state index in [-0.39, 0.29) is 24.0 Å². The summed E-state index contributed by atoms with van der Waals surface area (Å²) in [5.41, 5.74) is 3.45. The summed E-state index contributed by atoms with van der Waals surface area (Å²) in [6.07, 6.45) is 1.15. The maximum atomic E-state index is 5.53. The molecular weight excluding hydrogens is 503 g/mol. The number of methoxy groups -OCH3 is 2. The van der Waals surface area contributed by atoms with Gasteiger partial charge in [-0.15, -0.1) is 24.0 Å². The minimum absolute atomic E-state index is 0. The number of para-hydroxylation sites is 2. The van der Waals surface area contributed by atoms with Gasteiger partial charge in [0.05, 0.1) is 26.5 Å². The summed E-state index contributed by atoms with van der Waals surface area (Å²) in [7, 11) is 3.44. The summed E-state index contributed by atoms with van der Waals surface area (Å²) in [4.78, 5) is 7.18. The summed E-state index contributed by atoms with van der Waals surface area (Å²) in [5.74, 6) is 3.23. The molecule has 0 aromatic heterocycles. The zero-order valence-corrected chi connectivity index (χ0v) is 21.3. The molecule has 0 radical (unpaired) electrons. The van der Waals surface area contributed by atoms with Gasteiger partial charge in [0.15, 0.2) is 5.96 Å². The van der Waals surface area contributed by atoms with E-state index < -0.39 is 0 Å². The number of halogens is 1. The van der Waals surface area contributed by atoms with Gasteiger partial charge < -0.3 is 25.0 Å². The van der Waals surface area contributed by atoms with Crippen molar-refractivity contribution < 1.29 is 9.47 Å². The number of aryl methyl sites for hydroxylation is 1. The van der Waals surface area contributed by atoms with Crippen LogP contribution >= 0.6 is 24.0 Å². The third-order valence-electron chi connectivity index (χ3n) is 5.46. The molecule has 1 fully saturated rings. The minimum Gasteiger partial charge on any atom is -0.496 e. The van der Waals surface area contributed by atoms with E-state index in [9.17, 15) is 0 Å². The first-order chi connectivity index (χ1) is 14.6. The molecule has 1 aliphatic heterocycles. The van der Waals surface area contributed by atoms with E-state index >= 15 is 0 Å². The molecule has 0 spiro atoms. The monoisotopic (exact) mass is 538 g/mol. The molecular formula is C24H35IN4O2. The average molecular weight is 538 g/mol. The van der Waals surface area contributed by atoms with E-state index in [2.05, 4.69) is 59.7 Å². The van der Waals surface area contributed by atoms with E-state index in [1.54, 1.807) is 14.2 Å². The normalized spacial score (nSPS) is 15.9. The van der Waals surface area contributed by atoms with Crippen LogP contribution in [0.5, 0.6) is 11.5 Å². The number of benzene rings is 2. The predicted molar refractivity (Wildman–Crippen MR) is 139 cm³/mol. The Hall–Kier alpha value is -2.16. The molecule has 0 aliphatic carbocycles. The number of guanidine groups is 1. The predicted octanol–water partition coefficient (Wildman–Crippen LogP) is 4.21. The zero-order chi connectivity index (χ0) is 21.3. The van der Waals surface area contributed by atoms with Gasteiger partial charge in [-0.25, -0.2) is 4.99 Å². The standard InChI is InChI=1S/C24H34N4O2.HI/c1-5-25-24(27-16-20-11-10-18(2)14-23(20)30-4)26-15-19-12-13-28(17-19)21-8-6-7-9-22(21)29-3;/h6-11,14,19H,5,12-13,15-17H2,1-4H3,(H2,25,26,27);1H. The number of nitrogens with one attached hydrogen (secondary N) is 2. The molecule has 1 unspecified atom stereocenters. The molecule has 1 aliphatic rings. The second-order valence-corrected chi connectivity index (χ2v) is 7.66. The van der Waals surface area contributed by atoms with Crippen LogP contribution in [0, 0.1) is 12.8 Å². The van der Waals surface area contributed by atoms with Crippen molar-refractivity contribution in [1.29, 1.82) is 0 Å². The van der Waals surface area contributed by atoms with Crippen molar-refractivity contribution in [3.8, 4) is 11.5 Å². The number of hydrogen-bond donors (Lipinski definition) is 2. The molecule has 1 atom stereocenters. The zero-order valence-electron chi connectivity index (χ0n) is 19.0. The lowest BCUT2D eigenvalue weighted by atomic mass is 10.1. The molecule has 0 saturated carbocycles. The summed E-state index contributed by atoms with van der Waals surface area (Å²) < 4.78 is 11.0. The molecule has 1 heterocycles. The lowest BCUT2D eigenvalue weighted by Crippen LogP contribution is -2.40. The highest BCUT2D eigenvalue weighted by atomic mass is 127. The molecule has 6 nitrogen and oxygen atoms in total. The van der Waals surface area contributed by atoms with Crippen molar-refractivity contribution in [3.63, 3.8) is 0 Å². The van der Waals surface area contributed by atoms with E-state index in [4.69, 9.17) is 14.5 Å². The highest BCUT2D eigenvalue weighted by molar-refractivity contribution is 14.0. The van der Waals surface area contributed by atoms with Crippen LogP contribution in [-0.2, 0) is 6.54 Å². The summed E-state index contributed by atoms with van der Waals surface area (Å²) in [6, 6.07) is 14.5. The molecule has 0 bridgehead atoms. The molecule has 170 valence electrons. The van der Waals surface area contributed by atoms with E-state index in [1.165, 1.54) is 11.3 Å². The van der Waals surface area contributed by atoms with Crippen molar-refractivity contribution in [3.05, 3.63) is 53.6 Å². The van der Waals surface area contributed by atoms with Gasteiger partial charge in [-0.05, 0) is 49.9 Å². The first-order valence-corrected chi connectivity index (χ1v) is 10.7. The molecule has 1 saturated heterocycles. The highest BCUT2D eigenvalue weighted by Crippen LogP contribution is 2.31. The Kier molecular flexibility index (Phi) is 10.2. The van der Waals surface area contributed by atoms with Crippen molar-refractivity contribution in [2.45, 2.75) is 26.8 Å². The topological polar surface area (TPSA) is 58.1 Å². The van der Waals surface area contributed by atoms with Gasteiger partial charge in [-0.2, -0.15) is 0 Å². The smallest absolute Gasteiger partial charge is 0.191 e. The highest BCUT2D eigenvalue weighted by Gasteiger charge is 2.24. The van der Waals surface area contributed by atoms with Crippen LogP contribution in [0.3, 0.4) is 0 Å². The number of rotatable bonds is 8. The molecule has 3 rings (SSSR count). The average Bonchev–Trinajstić information content (AvgIpc) is 3.25. The maximum Gasteiger partial charge on any atom is 0.191 e. The van der Waals surface area contributed by atoms with Gasteiger partial charge >= 0.3 is 0 Å². The van der Waals surface area contributed by atoms with E-state index in [1.807, 2.05) is 12.1 Å². The molecule has 2 aromatic carbocycles. The van der Waals surface area contributed by atoms with Gasteiger partial charge in [0.25, 0.3) is 0 Å². The van der Waals surface area contributed by atoms with Crippen LogP contribution < -0.4 is 25.0 Å². The SMILES string of the molecule is CCNC(=NCc1ccc(C)cc1OC)NCC1CCN(c2ccccc2OC)C1.I. The van der Waals surface area contributed by atoms with Gasteiger partial charge in [-0.3, -0.25) is 0 Å². The Labute approximate surface area is 203 Å². The first kappa shape index (κ1) is 25.1. The molecule has 2 aromatic rings. The third kappa shape index (κ3) is 6.92. The second kappa shape index (κ2) is 12.6. The van der Waals surface area contributed by atoms with Crippen molar-refractivity contribution in [1.82, 2.24) is 10.6 Å². The fraction of sp³-hybridized carbons (Fsp3) is 0.458. The summed E-state index contributed by atoms with van der Waals surface area (Å²) in [6.45, 7) is 8.51. The Morgan fingerprint density at radius 2 is 1.87 bits per heavy atom. The first-order valence-electron chi connectivity index (χ1n) is 10.7. The molecule has 0 amide bonds. The van der Waals surface area contributed by atoms with Crippen LogP contribution in [0.1, 0.15) is 24.5 Å². The van der Waals surface area contributed by atoms with Gasteiger partial charge in [0.2, 0.25) is 0 Å². The van der Waals surface area contributed by atoms with Crippen LogP contribution in [0.2, 0.25) is 0 Å². The lowest BCUT2D eigenvalue weighted by Gasteiger charge is -2.21. The van der Waals surface area contributed by atoms with Gasteiger partial charge in [0.1, 0.15) is 11.5 Å². The number of anilines is 1. The van der Waals surface area contributed by atoms with Gasteiger partial charge in [-0.1, -0.05) is 24.3 Å². The summed E-state index contributed by atoms with van der Waals surface area (Å²) in [5, 5.41) is 6.87. The summed E-state index contributed by atoms with van der Waals surface area (Å²) >= 11 is 0. The second-order valence-electron chi connectivity index (χ2n) is 7.66. The van der Waals surface area contributed by atoms with Crippen molar-refractivity contribution in [2.24, 2.45) is 10.9 Å². The fourth-order valence-electron chi connectivity index (χ4n) is 3.84. The van der Waals surface area contributed by atoms with Gasteiger partial charge in [0, 0.05) is 31.7 Å². The largest absolute Gasteiger partial charge is 0.496 e. The number of ether oxygens (including phenoxy) is 2. The Bertz CT molecular complexity index is 859. The fourth-order valence-corrected chi connectivity index (χ4v) is 3.84. The van der Waals surface area contributed by atoms with Crippen molar-refractivity contribution in [2.75, 3.05) is 45.3 Å². The molecule has 2 N–H and O–H groups in total. The Morgan fingerprint density at radius 1 is 1.10 bits per heavy atom. The van der Waals surface area contributed by atoms with E-state index in [0.717, 1.165) is 55.6 Å². The maximum absolute atomic E-state index is 5.53. The molecule has 31 heavy (non-hydrogen) atoms. The van der Waals surface area contributed by atoms with Crippen LogP contribution in [0.25, 0.3) is 0 Å². The van der Waals surface area contributed by atoms with E-state index in [0.29, 0.717) is 12.5 Å². The van der Waals surface area contributed by atoms with Crippen LogP contribution in [0.15, 0.2) is 47.5 Å². The number of hydrogen-bond acceptors (Lipinski definition) is 4. The lowest BCUT2D eigenvalue weighted by molar-refractivity contribution is 0.409. The Balaban J connectivity index is 0.00000341. The number of aliphatic imine (C=N–C) groups is 1. The van der Waals surface area contributed by atoms with Crippen LogP contribution in [-0.4, -0.2) is 46.4 Å². The molecule has 7 heteroatoms. The third-order valence-corrected chi connectivity index (χ3v) is 5.46.